The molecule has 1 fully saturated rings. The van der Waals surface area contributed by atoms with Gasteiger partial charge in [0.15, 0.2) is 0 Å². The molecule has 1 aromatic rings. The maximum Gasteiger partial charge on any atom is 0.120 e. The van der Waals surface area contributed by atoms with E-state index in [1.165, 1.54) is 18.5 Å². The molecule has 2 N–H and O–H groups in total. The van der Waals surface area contributed by atoms with Crippen LogP contribution in [0.1, 0.15) is 38.2 Å². The number of H-pyrrole nitrogens is 1. The maximum atomic E-state index is 4.35. The molecule has 1 aliphatic rings. The van der Waals surface area contributed by atoms with Crippen molar-refractivity contribution in [2.45, 2.75) is 45.7 Å². The third-order valence-corrected chi connectivity index (χ3v) is 2.44. The van der Waals surface area contributed by atoms with Gasteiger partial charge in [-0.15, -0.1) is 0 Å². The molecule has 1 heterocycles. The molecule has 1 saturated carbocycles. The summed E-state index contributed by atoms with van der Waals surface area (Å²) in [5, 5.41) is 3.45. The first-order valence-corrected chi connectivity index (χ1v) is 5.50. The summed E-state index contributed by atoms with van der Waals surface area (Å²) in [5.74, 6) is 1.77. The molecule has 3 nitrogen and oxygen atoms in total. The van der Waals surface area contributed by atoms with E-state index in [-0.39, 0.29) is 0 Å². The highest BCUT2D eigenvalue weighted by Crippen LogP contribution is 2.18. The Morgan fingerprint density at radius 2 is 2.36 bits per heavy atom. The summed E-state index contributed by atoms with van der Waals surface area (Å²) in [5.41, 5.74) is 1.26. The Morgan fingerprint density at radius 1 is 1.57 bits per heavy atom. The molecule has 2 rings (SSSR count). The topological polar surface area (TPSA) is 40.7 Å². The van der Waals surface area contributed by atoms with Crippen LogP contribution in [0.2, 0.25) is 0 Å². The fraction of sp³-hybridized carbons (Fsp3) is 0.727. The predicted octanol–water partition coefficient (Wildman–Crippen LogP) is 1.86. The highest BCUT2D eigenvalue weighted by atomic mass is 15.0. The first-order chi connectivity index (χ1) is 6.74. The Bertz CT molecular complexity index is 286. The van der Waals surface area contributed by atoms with Gasteiger partial charge in [0, 0.05) is 17.9 Å². The highest BCUT2D eigenvalue weighted by Gasteiger charge is 2.20. The quantitative estimate of drug-likeness (QED) is 0.749. The summed E-state index contributed by atoms with van der Waals surface area (Å²) in [6.45, 7) is 5.34. The minimum atomic E-state index is 0.694. The second kappa shape index (κ2) is 4.13. The van der Waals surface area contributed by atoms with Crippen molar-refractivity contribution in [3.8, 4) is 0 Å². The Kier molecular flexibility index (Phi) is 2.87. The van der Waals surface area contributed by atoms with Crippen LogP contribution in [0.3, 0.4) is 0 Å². The summed E-state index contributed by atoms with van der Waals surface area (Å²) in [7, 11) is 0. The van der Waals surface area contributed by atoms with Crippen LogP contribution in [0.5, 0.6) is 0 Å². The SMILES string of the molecule is CC(C)Cc1cnc(CNC2CC2)[nH]1. The molecular weight excluding hydrogens is 174 g/mol. The van der Waals surface area contributed by atoms with E-state index in [4.69, 9.17) is 0 Å². The maximum absolute atomic E-state index is 4.35. The molecular formula is C11H19N3. The Labute approximate surface area is 85.3 Å². The van der Waals surface area contributed by atoms with E-state index in [0.717, 1.165) is 24.8 Å². The molecule has 0 unspecified atom stereocenters. The van der Waals surface area contributed by atoms with Crippen LogP contribution < -0.4 is 5.32 Å². The first kappa shape index (κ1) is 9.71. The van der Waals surface area contributed by atoms with E-state index >= 15 is 0 Å². The molecule has 14 heavy (non-hydrogen) atoms. The number of aromatic amines is 1. The zero-order valence-electron chi connectivity index (χ0n) is 9.01. The van der Waals surface area contributed by atoms with Crippen LogP contribution in [0.25, 0.3) is 0 Å². The minimum Gasteiger partial charge on any atom is -0.345 e. The summed E-state index contributed by atoms with van der Waals surface area (Å²) >= 11 is 0. The lowest BCUT2D eigenvalue weighted by atomic mass is 10.1. The highest BCUT2D eigenvalue weighted by molar-refractivity contribution is 5.02. The van der Waals surface area contributed by atoms with E-state index in [1.807, 2.05) is 6.20 Å². The zero-order valence-corrected chi connectivity index (χ0v) is 9.01. The fourth-order valence-electron chi connectivity index (χ4n) is 1.57. The first-order valence-electron chi connectivity index (χ1n) is 5.50. The molecule has 1 aromatic heterocycles. The lowest BCUT2D eigenvalue weighted by Crippen LogP contribution is -2.16. The van der Waals surface area contributed by atoms with Gasteiger partial charge in [0.1, 0.15) is 5.82 Å². The Balaban J connectivity index is 1.81. The van der Waals surface area contributed by atoms with E-state index in [1.54, 1.807) is 0 Å². The molecule has 0 saturated heterocycles. The van der Waals surface area contributed by atoms with Crippen molar-refractivity contribution in [1.82, 2.24) is 15.3 Å². The lowest BCUT2D eigenvalue weighted by Gasteiger charge is -2.01. The summed E-state index contributed by atoms with van der Waals surface area (Å²) in [6, 6.07) is 0.758. The van der Waals surface area contributed by atoms with Gasteiger partial charge < -0.3 is 10.3 Å². The van der Waals surface area contributed by atoms with E-state index in [0.29, 0.717) is 5.92 Å². The standard InChI is InChI=1S/C11H19N3/c1-8(2)5-10-6-13-11(14-10)7-12-9-3-4-9/h6,8-9,12H,3-5,7H2,1-2H3,(H,13,14). The number of hydrogen-bond donors (Lipinski definition) is 2. The Morgan fingerprint density at radius 3 is 3.00 bits per heavy atom. The van der Waals surface area contributed by atoms with Crippen LogP contribution in [-0.4, -0.2) is 16.0 Å². The van der Waals surface area contributed by atoms with Crippen molar-refractivity contribution in [1.29, 1.82) is 0 Å². The van der Waals surface area contributed by atoms with Gasteiger partial charge in [0.2, 0.25) is 0 Å². The average molecular weight is 193 g/mol. The van der Waals surface area contributed by atoms with Gasteiger partial charge in [-0.1, -0.05) is 13.8 Å². The number of nitrogens with one attached hydrogen (secondary N) is 2. The summed E-state index contributed by atoms with van der Waals surface area (Å²) in [4.78, 5) is 7.70. The van der Waals surface area contributed by atoms with Gasteiger partial charge in [-0.3, -0.25) is 0 Å². The van der Waals surface area contributed by atoms with Gasteiger partial charge in [0.05, 0.1) is 6.54 Å². The van der Waals surface area contributed by atoms with E-state index in [9.17, 15) is 0 Å². The molecule has 0 atom stereocenters. The zero-order chi connectivity index (χ0) is 9.97. The lowest BCUT2D eigenvalue weighted by molar-refractivity contribution is 0.630. The second-order valence-electron chi connectivity index (χ2n) is 4.61. The number of aromatic nitrogens is 2. The fourth-order valence-corrected chi connectivity index (χ4v) is 1.57. The Hall–Kier alpha value is -0.830. The number of imidazole rings is 1. The van der Waals surface area contributed by atoms with Gasteiger partial charge >= 0.3 is 0 Å². The smallest absolute Gasteiger partial charge is 0.120 e. The molecule has 1 aliphatic carbocycles. The van der Waals surface area contributed by atoms with Gasteiger partial charge in [-0.05, 0) is 25.2 Å². The van der Waals surface area contributed by atoms with Crippen LogP contribution >= 0.6 is 0 Å². The van der Waals surface area contributed by atoms with Crippen LogP contribution in [0.4, 0.5) is 0 Å². The monoisotopic (exact) mass is 193 g/mol. The molecule has 3 heteroatoms. The number of nitrogens with zero attached hydrogens (tertiary/aromatic N) is 1. The van der Waals surface area contributed by atoms with Crippen molar-refractivity contribution >= 4 is 0 Å². The third-order valence-electron chi connectivity index (χ3n) is 2.44. The molecule has 0 spiro atoms. The molecule has 0 bridgehead atoms. The molecule has 0 aromatic carbocycles. The molecule has 0 aliphatic heterocycles. The van der Waals surface area contributed by atoms with E-state index < -0.39 is 0 Å². The van der Waals surface area contributed by atoms with E-state index in [2.05, 4.69) is 29.1 Å². The number of hydrogen-bond acceptors (Lipinski definition) is 2. The van der Waals surface area contributed by atoms with Crippen LogP contribution in [-0.2, 0) is 13.0 Å². The second-order valence-corrected chi connectivity index (χ2v) is 4.61. The average Bonchev–Trinajstić information content (AvgIpc) is 2.84. The molecule has 0 radical (unpaired) electrons. The van der Waals surface area contributed by atoms with Gasteiger partial charge in [-0.25, -0.2) is 4.98 Å². The van der Waals surface area contributed by atoms with Crippen molar-refractivity contribution in [2.24, 2.45) is 5.92 Å². The van der Waals surface area contributed by atoms with Crippen LogP contribution in [0, 0.1) is 5.92 Å². The van der Waals surface area contributed by atoms with Crippen molar-refractivity contribution in [3.05, 3.63) is 17.7 Å². The van der Waals surface area contributed by atoms with Crippen molar-refractivity contribution < 1.29 is 0 Å². The van der Waals surface area contributed by atoms with Crippen molar-refractivity contribution in [3.63, 3.8) is 0 Å². The summed E-state index contributed by atoms with van der Waals surface area (Å²) in [6.07, 6.45) is 5.72. The third kappa shape index (κ3) is 2.84. The summed E-state index contributed by atoms with van der Waals surface area (Å²) < 4.78 is 0. The minimum absolute atomic E-state index is 0.694. The molecule has 78 valence electrons. The predicted molar refractivity (Wildman–Crippen MR) is 57.0 cm³/mol. The van der Waals surface area contributed by atoms with Gasteiger partial charge in [-0.2, -0.15) is 0 Å². The van der Waals surface area contributed by atoms with Crippen molar-refractivity contribution in [2.75, 3.05) is 0 Å². The molecule has 0 amide bonds. The number of rotatable bonds is 5. The van der Waals surface area contributed by atoms with Gasteiger partial charge in [0.25, 0.3) is 0 Å². The van der Waals surface area contributed by atoms with Crippen LogP contribution in [0.15, 0.2) is 6.20 Å². The largest absolute Gasteiger partial charge is 0.345 e. The normalized spacial score (nSPS) is 16.5.